The van der Waals surface area contributed by atoms with Crippen LogP contribution in [0.15, 0.2) is 0 Å². The zero-order valence-corrected chi connectivity index (χ0v) is 7.88. The fourth-order valence-electron chi connectivity index (χ4n) is 2.06. The molecule has 1 saturated carbocycles. The lowest BCUT2D eigenvalue weighted by molar-refractivity contribution is 0.0588. The Bertz CT molecular complexity index is 139. The molecule has 1 rings (SSSR count). The van der Waals surface area contributed by atoms with Crippen molar-refractivity contribution < 1.29 is 13.9 Å². The molecule has 0 aromatic heterocycles. The molecule has 1 aliphatic carbocycles. The molecule has 1 aliphatic rings. The van der Waals surface area contributed by atoms with E-state index in [1.807, 2.05) is 0 Å². The highest BCUT2D eigenvalue weighted by Crippen LogP contribution is 2.28. The highest BCUT2D eigenvalue weighted by molar-refractivity contribution is 4.74. The summed E-state index contributed by atoms with van der Waals surface area (Å²) in [4.78, 5) is 0. The van der Waals surface area contributed by atoms with Crippen LogP contribution in [0, 0.1) is 5.92 Å². The molecular weight excluding hydrogens is 174 g/mol. The van der Waals surface area contributed by atoms with E-state index in [-0.39, 0.29) is 18.4 Å². The molecule has 0 saturated heterocycles. The third-order valence-electron chi connectivity index (χ3n) is 2.87. The van der Waals surface area contributed by atoms with E-state index in [1.54, 1.807) is 0 Å². The number of rotatable bonds is 4. The van der Waals surface area contributed by atoms with Crippen molar-refractivity contribution in [3.8, 4) is 0 Å². The molecule has 0 spiro atoms. The van der Waals surface area contributed by atoms with Crippen LogP contribution < -0.4 is 0 Å². The first kappa shape index (κ1) is 10.9. The summed E-state index contributed by atoms with van der Waals surface area (Å²) in [6, 6.07) is 0. The van der Waals surface area contributed by atoms with Gasteiger partial charge in [0.1, 0.15) is 0 Å². The Kier molecular flexibility index (Phi) is 4.64. The second kappa shape index (κ2) is 5.53. The third-order valence-corrected chi connectivity index (χ3v) is 2.87. The fourth-order valence-corrected chi connectivity index (χ4v) is 2.06. The van der Waals surface area contributed by atoms with E-state index in [0.717, 1.165) is 32.1 Å². The van der Waals surface area contributed by atoms with Gasteiger partial charge in [-0.05, 0) is 31.6 Å². The number of hydrogen-bond donors (Lipinski definition) is 1. The molecule has 1 fully saturated rings. The van der Waals surface area contributed by atoms with Gasteiger partial charge in [-0.25, -0.2) is 8.78 Å². The Morgan fingerprint density at radius 1 is 1.23 bits per heavy atom. The van der Waals surface area contributed by atoms with E-state index in [1.165, 1.54) is 0 Å². The summed E-state index contributed by atoms with van der Waals surface area (Å²) >= 11 is 0. The molecule has 1 nitrogen and oxygen atoms in total. The number of aliphatic hydroxyl groups excluding tert-OH is 1. The molecule has 0 aromatic carbocycles. The topological polar surface area (TPSA) is 20.2 Å². The maximum Gasteiger partial charge on any atom is 0.238 e. The number of aliphatic hydroxyl groups is 1. The van der Waals surface area contributed by atoms with Crippen molar-refractivity contribution in [3.05, 3.63) is 0 Å². The quantitative estimate of drug-likeness (QED) is 0.726. The molecule has 0 aromatic rings. The second-order valence-electron chi connectivity index (χ2n) is 3.93. The standard InChI is InChI=1S/C10H18F2O/c11-10(12)7-3-5-8-4-1-2-6-9(8)13/h8-10,13H,1-7H2. The first-order valence-electron chi connectivity index (χ1n) is 5.16. The molecule has 2 unspecified atom stereocenters. The smallest absolute Gasteiger partial charge is 0.238 e. The lowest BCUT2D eigenvalue weighted by atomic mass is 9.83. The number of hydrogen-bond acceptors (Lipinski definition) is 1. The van der Waals surface area contributed by atoms with Gasteiger partial charge in [0.25, 0.3) is 0 Å². The van der Waals surface area contributed by atoms with Crippen LogP contribution in [-0.2, 0) is 0 Å². The van der Waals surface area contributed by atoms with Crippen molar-refractivity contribution in [1.82, 2.24) is 0 Å². The minimum atomic E-state index is -2.18. The van der Waals surface area contributed by atoms with Gasteiger partial charge in [0.15, 0.2) is 0 Å². The lowest BCUT2D eigenvalue weighted by Crippen LogP contribution is -2.24. The molecular formula is C10H18F2O. The van der Waals surface area contributed by atoms with Gasteiger partial charge in [0.05, 0.1) is 6.10 Å². The minimum Gasteiger partial charge on any atom is -0.393 e. The Balaban J connectivity index is 2.11. The SMILES string of the molecule is OC1CCCCC1CCCC(F)F. The highest BCUT2D eigenvalue weighted by Gasteiger charge is 2.22. The molecule has 0 amide bonds. The Morgan fingerprint density at radius 3 is 2.54 bits per heavy atom. The third kappa shape index (κ3) is 4.03. The van der Waals surface area contributed by atoms with Crippen LogP contribution in [0.5, 0.6) is 0 Å². The van der Waals surface area contributed by atoms with Gasteiger partial charge >= 0.3 is 0 Å². The van der Waals surface area contributed by atoms with E-state index < -0.39 is 6.43 Å². The van der Waals surface area contributed by atoms with Crippen molar-refractivity contribution in [1.29, 1.82) is 0 Å². The van der Waals surface area contributed by atoms with Crippen LogP contribution in [0.2, 0.25) is 0 Å². The zero-order chi connectivity index (χ0) is 9.68. The van der Waals surface area contributed by atoms with Crippen molar-refractivity contribution in [2.75, 3.05) is 0 Å². The number of halogens is 2. The van der Waals surface area contributed by atoms with Gasteiger partial charge in [-0.2, -0.15) is 0 Å². The predicted molar refractivity (Wildman–Crippen MR) is 47.8 cm³/mol. The summed E-state index contributed by atoms with van der Waals surface area (Å²) in [5.41, 5.74) is 0. The first-order valence-corrected chi connectivity index (χ1v) is 5.16. The lowest BCUT2D eigenvalue weighted by Gasteiger charge is -2.27. The molecule has 3 heteroatoms. The zero-order valence-electron chi connectivity index (χ0n) is 7.88. The van der Waals surface area contributed by atoms with Crippen LogP contribution in [0.4, 0.5) is 8.78 Å². The van der Waals surface area contributed by atoms with E-state index in [2.05, 4.69) is 0 Å². The normalized spacial score (nSPS) is 29.5. The van der Waals surface area contributed by atoms with E-state index in [4.69, 9.17) is 0 Å². The highest BCUT2D eigenvalue weighted by atomic mass is 19.3. The molecule has 0 aliphatic heterocycles. The molecule has 2 atom stereocenters. The average Bonchev–Trinajstić information content (AvgIpc) is 2.08. The predicted octanol–water partition coefficient (Wildman–Crippen LogP) is 2.97. The van der Waals surface area contributed by atoms with Gasteiger partial charge in [-0.15, -0.1) is 0 Å². The van der Waals surface area contributed by atoms with Crippen molar-refractivity contribution in [2.24, 2.45) is 5.92 Å². The molecule has 0 bridgehead atoms. The fraction of sp³-hybridized carbons (Fsp3) is 1.00. The van der Waals surface area contributed by atoms with Gasteiger partial charge in [-0.3, -0.25) is 0 Å². The van der Waals surface area contributed by atoms with Crippen molar-refractivity contribution >= 4 is 0 Å². The summed E-state index contributed by atoms with van der Waals surface area (Å²) in [7, 11) is 0. The summed E-state index contributed by atoms with van der Waals surface area (Å²) in [6.07, 6.45) is 3.02. The monoisotopic (exact) mass is 192 g/mol. The van der Waals surface area contributed by atoms with Gasteiger partial charge in [-0.1, -0.05) is 12.8 Å². The van der Waals surface area contributed by atoms with Crippen LogP contribution >= 0.6 is 0 Å². The van der Waals surface area contributed by atoms with Crippen LogP contribution in [0.25, 0.3) is 0 Å². The molecule has 0 heterocycles. The molecule has 1 N–H and O–H groups in total. The van der Waals surface area contributed by atoms with Crippen LogP contribution in [0.1, 0.15) is 44.9 Å². The first-order chi connectivity index (χ1) is 6.20. The van der Waals surface area contributed by atoms with E-state index in [9.17, 15) is 13.9 Å². The second-order valence-corrected chi connectivity index (χ2v) is 3.93. The van der Waals surface area contributed by atoms with Gasteiger partial charge in [0, 0.05) is 6.42 Å². The van der Waals surface area contributed by atoms with E-state index in [0.29, 0.717) is 6.42 Å². The average molecular weight is 192 g/mol. The maximum atomic E-state index is 11.8. The largest absolute Gasteiger partial charge is 0.393 e. The van der Waals surface area contributed by atoms with Crippen LogP contribution in [-0.4, -0.2) is 17.6 Å². The summed E-state index contributed by atoms with van der Waals surface area (Å²) in [5, 5.41) is 9.55. The Hall–Kier alpha value is -0.180. The Labute approximate surface area is 78.1 Å². The molecule has 13 heavy (non-hydrogen) atoms. The minimum absolute atomic E-state index is 0.0107. The van der Waals surface area contributed by atoms with E-state index >= 15 is 0 Å². The summed E-state index contributed by atoms with van der Waals surface area (Å²) in [5.74, 6) is 0.285. The summed E-state index contributed by atoms with van der Waals surface area (Å²) < 4.78 is 23.6. The Morgan fingerprint density at radius 2 is 1.92 bits per heavy atom. The van der Waals surface area contributed by atoms with Gasteiger partial charge in [0.2, 0.25) is 6.43 Å². The summed E-state index contributed by atoms with van der Waals surface area (Å²) in [6.45, 7) is 0. The maximum absolute atomic E-state index is 11.8. The number of alkyl halides is 2. The molecule has 0 radical (unpaired) electrons. The van der Waals surface area contributed by atoms with Crippen LogP contribution in [0.3, 0.4) is 0 Å². The van der Waals surface area contributed by atoms with Crippen molar-refractivity contribution in [3.63, 3.8) is 0 Å². The van der Waals surface area contributed by atoms with Gasteiger partial charge < -0.3 is 5.11 Å². The molecule has 78 valence electrons. The van der Waals surface area contributed by atoms with Crippen molar-refractivity contribution in [2.45, 2.75) is 57.5 Å².